The van der Waals surface area contributed by atoms with Gasteiger partial charge in [-0.25, -0.2) is 4.98 Å². The van der Waals surface area contributed by atoms with Crippen LogP contribution in [0.4, 0.5) is 0 Å². The Hall–Kier alpha value is -8.11. The second kappa shape index (κ2) is 19.4. The van der Waals surface area contributed by atoms with E-state index in [9.17, 15) is 5.48 Å². The summed E-state index contributed by atoms with van der Waals surface area (Å²) in [6, 6.07) is 50.9. The fraction of sp³-hybridized carbons (Fsp3) is 0.118. The van der Waals surface area contributed by atoms with E-state index in [4.69, 9.17) is 17.9 Å². The zero-order valence-electron chi connectivity index (χ0n) is 51.5. The summed E-state index contributed by atoms with van der Waals surface area (Å²) in [5, 5.41) is 1.99. The van der Waals surface area contributed by atoms with Crippen LogP contribution in [0.1, 0.15) is 66.4 Å². The van der Waals surface area contributed by atoms with Gasteiger partial charge in [-0.1, -0.05) is 205 Å². The van der Waals surface area contributed by atoms with Gasteiger partial charge in [0.2, 0.25) is 0 Å². The fourth-order valence-electron chi connectivity index (χ4n) is 9.54. The zero-order chi connectivity index (χ0) is 58.6. The fourth-order valence-corrected chi connectivity index (χ4v) is 9.54. The molecule has 3 aromatic heterocycles. The van der Waals surface area contributed by atoms with Gasteiger partial charge >= 0.3 is 0 Å². The smallest absolute Gasteiger partial charge is 0.268 e. The Kier molecular flexibility index (Phi) is 9.85. The van der Waals surface area contributed by atoms with Gasteiger partial charge in [0, 0.05) is 44.3 Å². The Balaban J connectivity index is 0.00000736. The molecule has 6 heteroatoms. The molecule has 0 bridgehead atoms. The van der Waals surface area contributed by atoms with Gasteiger partial charge in [-0.05, 0) is 102 Å². The van der Waals surface area contributed by atoms with E-state index in [1.54, 1.807) is 33.4 Å². The first-order chi connectivity index (χ1) is 39.6. The minimum atomic E-state index is -0.581. The molecule has 74 heavy (non-hydrogen) atoms. The summed E-state index contributed by atoms with van der Waals surface area (Å²) < 4.78 is 101. The molecule has 0 aliphatic heterocycles. The Morgan fingerprint density at radius 3 is 1.80 bits per heavy atom. The van der Waals surface area contributed by atoms with Crippen molar-refractivity contribution in [3.05, 3.63) is 248 Å². The topological polar surface area (TPSA) is 35.9 Å². The number of rotatable bonds is 9. The second-order valence-corrected chi connectivity index (χ2v) is 20.2. The van der Waals surface area contributed by atoms with Crippen molar-refractivity contribution in [1.82, 2.24) is 14.1 Å². The number of fused-ring (bicyclic) bond motifs is 4. The summed E-state index contributed by atoms with van der Waals surface area (Å²) >= 11 is 0. The molecule has 0 aliphatic rings. The molecule has 0 N–H and O–H groups in total. The van der Waals surface area contributed by atoms with Crippen molar-refractivity contribution in [2.24, 2.45) is 0 Å². The van der Waals surface area contributed by atoms with Crippen molar-refractivity contribution < 1.29 is 44.1 Å². The summed E-state index contributed by atoms with van der Waals surface area (Å²) in [5.74, 6) is 1.50. The number of ether oxygens (including phenoxy) is 1. The van der Waals surface area contributed by atoms with Gasteiger partial charge in [0.15, 0.2) is 0 Å². The van der Waals surface area contributed by atoms with Crippen LogP contribution in [-0.2, 0) is 31.9 Å². The van der Waals surface area contributed by atoms with E-state index in [0.717, 1.165) is 55.4 Å². The van der Waals surface area contributed by atoms with Gasteiger partial charge in [-0.3, -0.25) is 4.57 Å². The molecular formula is C68H54N4OPt-2. The predicted molar refractivity (Wildman–Crippen MR) is 299 cm³/mol. The molecule has 12 rings (SSSR count). The number of aromatic nitrogens is 4. The van der Waals surface area contributed by atoms with E-state index in [0.29, 0.717) is 28.2 Å². The molecular weight excluding hydrogens is 1080 g/mol. The second-order valence-electron chi connectivity index (χ2n) is 20.2. The maximum atomic E-state index is 9.19. The number of hydrogen-bond donors (Lipinski definition) is 0. The summed E-state index contributed by atoms with van der Waals surface area (Å²) in [6.07, 6.45) is 5.34. The van der Waals surface area contributed by atoms with E-state index in [-0.39, 0.29) is 59.8 Å². The van der Waals surface area contributed by atoms with Gasteiger partial charge in [0.05, 0.1) is 30.4 Å². The Bertz CT molecular complexity index is 4480. The molecule has 0 fully saturated rings. The molecule has 0 unspecified atom stereocenters. The first kappa shape index (κ1) is 37.6. The molecule has 5 nitrogen and oxygen atoms in total. The molecule has 9 aromatic carbocycles. The van der Waals surface area contributed by atoms with E-state index >= 15 is 0 Å². The third kappa shape index (κ3) is 9.07. The Morgan fingerprint density at radius 2 is 1.12 bits per heavy atom. The van der Waals surface area contributed by atoms with Crippen LogP contribution in [0, 0.1) is 18.5 Å². The summed E-state index contributed by atoms with van der Waals surface area (Å²) in [6.45, 7) is 13.2. The van der Waals surface area contributed by atoms with Crippen LogP contribution in [0.15, 0.2) is 218 Å². The Morgan fingerprint density at radius 1 is 0.514 bits per heavy atom. The SMILES string of the molecule is [2H]c1c([2H])c([2H])c(-c2cccc(-c3c([2H])c([2H])c([2H])c([2H])c3[2H])c2-[n+]2[c-]n(-c3[c-]c(Oc4[c-]c5c(cc4)c4cc(-c6ccc(C(C)(C)C)cc6)ccc4n5-c4cc(C(C)(C)C)ccn4)ccc3)c3ccc(-c4ccccc4)cc32)c([2H])c1[2H].[Pt]. The third-order valence-electron chi connectivity index (χ3n) is 13.4. The summed E-state index contributed by atoms with van der Waals surface area (Å²) in [7, 11) is 0. The number of hydrogen-bond acceptors (Lipinski definition) is 2. The largest absolute Gasteiger partial charge is 0.510 e. The molecule has 364 valence electrons. The molecule has 0 radical (unpaired) electrons. The van der Waals surface area contributed by atoms with Gasteiger partial charge in [-0.15, -0.1) is 29.7 Å². The van der Waals surface area contributed by atoms with Crippen molar-refractivity contribution in [2.75, 3.05) is 0 Å². The number of nitrogens with zero attached hydrogens (tertiary/aromatic N) is 4. The third-order valence-corrected chi connectivity index (χ3v) is 13.4. The zero-order valence-corrected chi connectivity index (χ0v) is 43.8. The van der Waals surface area contributed by atoms with Crippen molar-refractivity contribution in [1.29, 1.82) is 0 Å². The summed E-state index contributed by atoms with van der Waals surface area (Å²) in [4.78, 5) is 4.93. The van der Waals surface area contributed by atoms with Crippen molar-refractivity contribution >= 4 is 32.8 Å². The van der Waals surface area contributed by atoms with Gasteiger partial charge in [-0.2, -0.15) is 18.2 Å². The maximum absolute atomic E-state index is 9.19. The van der Waals surface area contributed by atoms with Crippen LogP contribution in [0.2, 0.25) is 0 Å². The molecule has 0 amide bonds. The van der Waals surface area contributed by atoms with Crippen LogP contribution in [0.25, 0.3) is 94.5 Å². The number of para-hydroxylation sites is 1. The molecule has 0 spiro atoms. The predicted octanol–water partition coefficient (Wildman–Crippen LogP) is 16.9. The average Bonchev–Trinajstić information content (AvgIpc) is 2.40. The van der Waals surface area contributed by atoms with E-state index in [1.165, 1.54) is 5.56 Å². The maximum Gasteiger partial charge on any atom is 0.268 e. The van der Waals surface area contributed by atoms with Gasteiger partial charge in [0.25, 0.3) is 6.33 Å². The van der Waals surface area contributed by atoms with Gasteiger partial charge < -0.3 is 13.9 Å². The molecule has 0 aliphatic carbocycles. The molecule has 0 saturated carbocycles. The Labute approximate surface area is 462 Å². The van der Waals surface area contributed by atoms with Crippen LogP contribution in [-0.4, -0.2) is 14.1 Å². The van der Waals surface area contributed by atoms with E-state index in [2.05, 4.69) is 113 Å². The van der Waals surface area contributed by atoms with Crippen LogP contribution >= 0.6 is 0 Å². The van der Waals surface area contributed by atoms with E-state index in [1.807, 2.05) is 85.1 Å². The number of imidazole rings is 1. The van der Waals surface area contributed by atoms with Gasteiger partial charge in [0.1, 0.15) is 5.82 Å². The molecule has 3 heterocycles. The van der Waals surface area contributed by atoms with Crippen LogP contribution in [0.5, 0.6) is 11.5 Å². The standard InChI is InChI=1S/C68H54N4O.Pt/c1-67(2,3)52-32-28-47(29-33-52)50-30-36-61-60(40-50)59-35-34-56(44-63(59)72(61)65-42-53(38-39-69-65)68(4,5)6)73-55-25-16-24-54(43-55)70-45-71(64-41-51(31-37-62(64)70)46-18-10-7-11-19-46)66-57(48-20-12-8-13-21-48)26-17-27-58(66)49-22-14-9-15-23-49;/h7-42H,1-6H3;/q-2;/i8D,9D,12D,13D,14D,15D,20D,21D,22D,23D;. The van der Waals surface area contributed by atoms with Crippen molar-refractivity contribution in [3.63, 3.8) is 0 Å². The normalized spacial score (nSPS) is 13.7. The minimum Gasteiger partial charge on any atom is -0.510 e. The quantitative estimate of drug-likeness (QED) is 0.107. The summed E-state index contributed by atoms with van der Waals surface area (Å²) in [5.41, 5.74) is 9.55. The monoisotopic (exact) mass is 1150 g/mol. The molecule has 0 saturated heterocycles. The first-order valence-corrected chi connectivity index (χ1v) is 24.2. The minimum absolute atomic E-state index is 0. The average molecular weight is 1150 g/mol. The van der Waals surface area contributed by atoms with E-state index < -0.39 is 60.4 Å². The van der Waals surface area contributed by atoms with Crippen LogP contribution in [0.3, 0.4) is 0 Å². The molecule has 0 atom stereocenters. The first-order valence-electron chi connectivity index (χ1n) is 29.2. The number of benzene rings is 9. The van der Waals surface area contributed by atoms with Crippen LogP contribution < -0.4 is 9.30 Å². The van der Waals surface area contributed by atoms with Crippen molar-refractivity contribution in [2.45, 2.75) is 52.4 Å². The molecule has 12 aromatic rings. The number of pyridine rings is 1. The van der Waals surface area contributed by atoms with Crippen molar-refractivity contribution in [3.8, 4) is 73.2 Å².